The van der Waals surface area contributed by atoms with Crippen LogP contribution in [-0.4, -0.2) is 19.2 Å². The van der Waals surface area contributed by atoms with E-state index in [9.17, 15) is 0 Å². The number of rotatable bonds is 6. The fraction of sp³-hybridized carbons (Fsp3) is 0.571. The standard InChI is InChI=1S/C14H23NO/c1-11(2)15-6-5-7-16-14-9-12(3)8-13(4)10-14/h8-11,15H,5-7H2,1-4H3. The topological polar surface area (TPSA) is 21.3 Å². The van der Waals surface area contributed by atoms with E-state index in [1.807, 2.05) is 0 Å². The van der Waals surface area contributed by atoms with E-state index in [4.69, 9.17) is 4.74 Å². The molecule has 90 valence electrons. The van der Waals surface area contributed by atoms with Gasteiger partial charge in [-0.15, -0.1) is 0 Å². The number of hydrogen-bond donors (Lipinski definition) is 1. The van der Waals surface area contributed by atoms with Crippen molar-refractivity contribution in [2.24, 2.45) is 0 Å². The summed E-state index contributed by atoms with van der Waals surface area (Å²) in [5, 5.41) is 3.37. The molecule has 0 amide bonds. The highest BCUT2D eigenvalue weighted by Gasteiger charge is 1.97. The quantitative estimate of drug-likeness (QED) is 0.745. The first-order valence-corrected chi connectivity index (χ1v) is 6.02. The third-order valence-electron chi connectivity index (χ3n) is 2.34. The Morgan fingerprint density at radius 3 is 2.31 bits per heavy atom. The maximum absolute atomic E-state index is 5.71. The molecule has 0 fully saturated rings. The van der Waals surface area contributed by atoms with Crippen molar-refractivity contribution in [1.82, 2.24) is 5.32 Å². The molecule has 0 aliphatic rings. The van der Waals surface area contributed by atoms with Crippen LogP contribution in [0, 0.1) is 13.8 Å². The van der Waals surface area contributed by atoms with Crippen molar-refractivity contribution < 1.29 is 4.74 Å². The fourth-order valence-corrected chi connectivity index (χ4v) is 1.67. The van der Waals surface area contributed by atoms with Crippen molar-refractivity contribution in [1.29, 1.82) is 0 Å². The zero-order valence-corrected chi connectivity index (χ0v) is 10.8. The number of aryl methyl sites for hydroxylation is 2. The highest BCUT2D eigenvalue weighted by Crippen LogP contribution is 2.16. The molecule has 0 saturated heterocycles. The number of hydrogen-bond acceptors (Lipinski definition) is 2. The van der Waals surface area contributed by atoms with E-state index in [1.165, 1.54) is 11.1 Å². The predicted octanol–water partition coefficient (Wildman–Crippen LogP) is 3.07. The molecule has 0 unspecified atom stereocenters. The van der Waals surface area contributed by atoms with Gasteiger partial charge in [-0.05, 0) is 50.1 Å². The molecule has 0 spiro atoms. The molecule has 0 bridgehead atoms. The third-order valence-corrected chi connectivity index (χ3v) is 2.34. The summed E-state index contributed by atoms with van der Waals surface area (Å²) in [6.07, 6.45) is 1.05. The maximum Gasteiger partial charge on any atom is 0.119 e. The molecule has 2 heteroatoms. The molecule has 0 heterocycles. The summed E-state index contributed by atoms with van der Waals surface area (Å²) in [5.41, 5.74) is 2.52. The lowest BCUT2D eigenvalue weighted by molar-refractivity contribution is 0.306. The molecule has 0 atom stereocenters. The Morgan fingerprint density at radius 1 is 1.12 bits per heavy atom. The van der Waals surface area contributed by atoms with E-state index in [-0.39, 0.29) is 0 Å². The summed E-state index contributed by atoms with van der Waals surface area (Å²) >= 11 is 0. The first-order chi connectivity index (χ1) is 7.58. The Balaban J connectivity index is 2.26. The Kier molecular flexibility index (Phi) is 5.33. The Morgan fingerprint density at radius 2 is 1.75 bits per heavy atom. The minimum atomic E-state index is 0.557. The van der Waals surface area contributed by atoms with Gasteiger partial charge in [-0.2, -0.15) is 0 Å². The van der Waals surface area contributed by atoms with Gasteiger partial charge in [0.05, 0.1) is 6.61 Å². The molecule has 0 radical (unpaired) electrons. The van der Waals surface area contributed by atoms with Gasteiger partial charge >= 0.3 is 0 Å². The van der Waals surface area contributed by atoms with E-state index in [2.05, 4.69) is 51.2 Å². The van der Waals surface area contributed by atoms with Gasteiger partial charge in [-0.25, -0.2) is 0 Å². The molecule has 0 aliphatic carbocycles. The molecule has 1 aromatic carbocycles. The minimum Gasteiger partial charge on any atom is -0.494 e. The average Bonchev–Trinajstić information content (AvgIpc) is 2.15. The zero-order valence-electron chi connectivity index (χ0n) is 10.8. The van der Waals surface area contributed by atoms with Crippen molar-refractivity contribution in [3.05, 3.63) is 29.3 Å². The Bertz CT molecular complexity index is 300. The minimum absolute atomic E-state index is 0.557. The van der Waals surface area contributed by atoms with Crippen LogP contribution in [0.15, 0.2) is 18.2 Å². The monoisotopic (exact) mass is 221 g/mol. The first-order valence-electron chi connectivity index (χ1n) is 6.02. The van der Waals surface area contributed by atoms with Crippen molar-refractivity contribution in [3.63, 3.8) is 0 Å². The third kappa shape index (κ3) is 5.17. The number of nitrogens with one attached hydrogen (secondary N) is 1. The van der Waals surface area contributed by atoms with Crippen LogP contribution in [-0.2, 0) is 0 Å². The molecular formula is C14H23NO. The zero-order chi connectivity index (χ0) is 12.0. The van der Waals surface area contributed by atoms with Crippen molar-refractivity contribution in [3.8, 4) is 5.75 Å². The number of ether oxygens (including phenoxy) is 1. The smallest absolute Gasteiger partial charge is 0.119 e. The van der Waals surface area contributed by atoms with Crippen LogP contribution >= 0.6 is 0 Å². The van der Waals surface area contributed by atoms with E-state index in [0.29, 0.717) is 6.04 Å². The second-order valence-electron chi connectivity index (χ2n) is 4.63. The normalized spacial score (nSPS) is 10.8. The van der Waals surface area contributed by atoms with Crippen LogP contribution in [0.3, 0.4) is 0 Å². The van der Waals surface area contributed by atoms with Gasteiger partial charge in [-0.1, -0.05) is 19.9 Å². The molecule has 2 nitrogen and oxygen atoms in total. The van der Waals surface area contributed by atoms with E-state index in [0.717, 1.165) is 25.3 Å². The van der Waals surface area contributed by atoms with Crippen molar-refractivity contribution in [2.45, 2.75) is 40.2 Å². The second-order valence-corrected chi connectivity index (χ2v) is 4.63. The molecule has 1 rings (SSSR count). The van der Waals surface area contributed by atoms with E-state index >= 15 is 0 Å². The first kappa shape index (κ1) is 13.0. The number of benzene rings is 1. The van der Waals surface area contributed by atoms with Crippen LogP contribution < -0.4 is 10.1 Å². The van der Waals surface area contributed by atoms with Crippen molar-refractivity contribution in [2.75, 3.05) is 13.2 Å². The summed E-state index contributed by atoms with van der Waals surface area (Å²) in [7, 11) is 0. The van der Waals surface area contributed by atoms with Gasteiger partial charge in [0.25, 0.3) is 0 Å². The second kappa shape index (κ2) is 6.54. The molecular weight excluding hydrogens is 198 g/mol. The van der Waals surface area contributed by atoms with Gasteiger partial charge in [0.15, 0.2) is 0 Å². The summed E-state index contributed by atoms with van der Waals surface area (Å²) in [4.78, 5) is 0. The highest BCUT2D eigenvalue weighted by atomic mass is 16.5. The predicted molar refractivity (Wildman–Crippen MR) is 69.2 cm³/mol. The Hall–Kier alpha value is -1.02. The lowest BCUT2D eigenvalue weighted by Gasteiger charge is -2.10. The SMILES string of the molecule is Cc1cc(C)cc(OCCCNC(C)C)c1. The van der Waals surface area contributed by atoms with Gasteiger partial charge in [-0.3, -0.25) is 0 Å². The van der Waals surface area contributed by atoms with E-state index in [1.54, 1.807) is 0 Å². The highest BCUT2D eigenvalue weighted by molar-refractivity contribution is 5.32. The Labute approximate surface area is 99.0 Å². The summed E-state index contributed by atoms with van der Waals surface area (Å²) in [6.45, 7) is 10.3. The molecule has 0 aromatic heterocycles. The van der Waals surface area contributed by atoms with E-state index < -0.39 is 0 Å². The van der Waals surface area contributed by atoms with Gasteiger partial charge in [0.1, 0.15) is 5.75 Å². The lowest BCUT2D eigenvalue weighted by Crippen LogP contribution is -2.24. The maximum atomic E-state index is 5.71. The molecule has 0 saturated carbocycles. The van der Waals surface area contributed by atoms with Crippen LogP contribution in [0.5, 0.6) is 5.75 Å². The van der Waals surface area contributed by atoms with Crippen LogP contribution in [0.4, 0.5) is 0 Å². The van der Waals surface area contributed by atoms with Crippen LogP contribution in [0.1, 0.15) is 31.4 Å². The van der Waals surface area contributed by atoms with Gasteiger partial charge < -0.3 is 10.1 Å². The molecule has 0 aliphatic heterocycles. The summed E-state index contributed by atoms with van der Waals surface area (Å²) in [6, 6.07) is 6.89. The van der Waals surface area contributed by atoms with Gasteiger partial charge in [0.2, 0.25) is 0 Å². The molecule has 1 aromatic rings. The fourth-order valence-electron chi connectivity index (χ4n) is 1.67. The molecule has 1 N–H and O–H groups in total. The average molecular weight is 221 g/mol. The lowest BCUT2D eigenvalue weighted by atomic mass is 10.1. The van der Waals surface area contributed by atoms with Crippen LogP contribution in [0.25, 0.3) is 0 Å². The van der Waals surface area contributed by atoms with Crippen LogP contribution in [0.2, 0.25) is 0 Å². The molecule has 16 heavy (non-hydrogen) atoms. The largest absolute Gasteiger partial charge is 0.494 e. The van der Waals surface area contributed by atoms with Crippen molar-refractivity contribution >= 4 is 0 Å². The summed E-state index contributed by atoms with van der Waals surface area (Å²) < 4.78 is 5.71. The summed E-state index contributed by atoms with van der Waals surface area (Å²) in [5.74, 6) is 0.988. The van der Waals surface area contributed by atoms with Gasteiger partial charge in [0, 0.05) is 6.04 Å².